The molecule has 0 unspecified atom stereocenters. The Labute approximate surface area is 147 Å². The number of ether oxygens (including phenoxy) is 1. The lowest BCUT2D eigenvalue weighted by Gasteiger charge is -2.37. The third-order valence-electron chi connectivity index (χ3n) is 4.74. The number of aromatic nitrogens is 3. The van der Waals surface area contributed by atoms with Crippen LogP contribution in [0, 0.1) is 5.92 Å². The van der Waals surface area contributed by atoms with Crippen LogP contribution in [-0.2, 0) is 11.3 Å². The van der Waals surface area contributed by atoms with Gasteiger partial charge < -0.3 is 15.0 Å². The zero-order valence-electron chi connectivity index (χ0n) is 14.3. The van der Waals surface area contributed by atoms with Gasteiger partial charge in [-0.05, 0) is 37.8 Å². The zero-order valence-corrected chi connectivity index (χ0v) is 14.3. The first-order valence-electron chi connectivity index (χ1n) is 8.83. The van der Waals surface area contributed by atoms with E-state index in [1.807, 2.05) is 42.2 Å². The molecule has 1 saturated heterocycles. The smallest absolute Gasteiger partial charge is 0.317 e. The molecule has 1 aliphatic carbocycles. The fourth-order valence-corrected chi connectivity index (χ4v) is 3.32. The second-order valence-electron chi connectivity index (χ2n) is 6.81. The van der Waals surface area contributed by atoms with Crippen LogP contribution < -0.4 is 5.32 Å². The Bertz CT molecular complexity index is 728. The summed E-state index contributed by atoms with van der Waals surface area (Å²) in [6.07, 6.45) is 4.20. The van der Waals surface area contributed by atoms with E-state index >= 15 is 0 Å². The van der Waals surface area contributed by atoms with Gasteiger partial charge in [-0.15, -0.1) is 0 Å². The van der Waals surface area contributed by atoms with E-state index in [0.29, 0.717) is 31.4 Å². The van der Waals surface area contributed by atoms with Crippen LogP contribution in [0.4, 0.5) is 4.79 Å². The van der Waals surface area contributed by atoms with Crippen molar-refractivity contribution in [3.8, 4) is 5.69 Å². The molecule has 4 rings (SSSR count). The maximum atomic E-state index is 12.6. The standard InChI is InChI=1S/C18H23N5O2/c1-13-10-22(11-16(25-13)14-7-8-14)18(24)19-9-17-20-12-21-23(17)15-5-3-2-4-6-15/h2-6,12-14,16H,7-11H2,1H3,(H,19,24)/t13-,16-/m1/s1. The minimum atomic E-state index is -0.0663. The van der Waals surface area contributed by atoms with Gasteiger partial charge >= 0.3 is 6.03 Å². The molecule has 0 spiro atoms. The minimum Gasteiger partial charge on any atom is -0.371 e. The summed E-state index contributed by atoms with van der Waals surface area (Å²) in [7, 11) is 0. The van der Waals surface area contributed by atoms with E-state index in [0.717, 1.165) is 5.69 Å². The lowest BCUT2D eigenvalue weighted by Crippen LogP contribution is -2.52. The third-order valence-corrected chi connectivity index (χ3v) is 4.74. The highest BCUT2D eigenvalue weighted by Gasteiger charge is 2.38. The summed E-state index contributed by atoms with van der Waals surface area (Å²) >= 11 is 0. The highest BCUT2D eigenvalue weighted by atomic mass is 16.5. The van der Waals surface area contributed by atoms with E-state index in [9.17, 15) is 4.79 Å². The van der Waals surface area contributed by atoms with Gasteiger partial charge in [-0.1, -0.05) is 18.2 Å². The molecule has 1 aromatic carbocycles. The predicted octanol–water partition coefficient (Wildman–Crippen LogP) is 1.98. The molecule has 2 aromatic rings. The zero-order chi connectivity index (χ0) is 17.2. The molecule has 1 saturated carbocycles. The highest BCUT2D eigenvalue weighted by molar-refractivity contribution is 5.74. The number of urea groups is 1. The van der Waals surface area contributed by atoms with Gasteiger partial charge in [-0.2, -0.15) is 5.10 Å². The Kier molecular flexibility index (Phi) is 4.40. The Morgan fingerprint density at radius 1 is 1.28 bits per heavy atom. The van der Waals surface area contributed by atoms with Crippen molar-refractivity contribution in [2.45, 2.75) is 38.5 Å². The summed E-state index contributed by atoms with van der Waals surface area (Å²) in [6.45, 7) is 3.67. The summed E-state index contributed by atoms with van der Waals surface area (Å²) in [6, 6.07) is 9.72. The largest absolute Gasteiger partial charge is 0.371 e. The summed E-state index contributed by atoms with van der Waals surface area (Å²) in [5.74, 6) is 1.33. The molecule has 132 valence electrons. The summed E-state index contributed by atoms with van der Waals surface area (Å²) in [5.41, 5.74) is 0.929. The van der Waals surface area contributed by atoms with Crippen LogP contribution in [-0.4, -0.2) is 51.0 Å². The van der Waals surface area contributed by atoms with Gasteiger partial charge in [0.2, 0.25) is 0 Å². The van der Waals surface area contributed by atoms with Crippen molar-refractivity contribution >= 4 is 6.03 Å². The number of amides is 2. The van der Waals surface area contributed by atoms with Crippen molar-refractivity contribution < 1.29 is 9.53 Å². The molecule has 25 heavy (non-hydrogen) atoms. The lowest BCUT2D eigenvalue weighted by atomic mass is 10.1. The monoisotopic (exact) mass is 341 g/mol. The second-order valence-corrected chi connectivity index (χ2v) is 6.81. The van der Waals surface area contributed by atoms with Crippen LogP contribution in [0.2, 0.25) is 0 Å². The van der Waals surface area contributed by atoms with Crippen molar-refractivity contribution in [1.82, 2.24) is 25.0 Å². The first-order chi connectivity index (χ1) is 12.2. The molecule has 2 amide bonds. The fraction of sp³-hybridized carbons (Fsp3) is 0.500. The maximum Gasteiger partial charge on any atom is 0.317 e. The van der Waals surface area contributed by atoms with Gasteiger partial charge in [0.1, 0.15) is 6.33 Å². The molecule has 2 fully saturated rings. The number of para-hydroxylation sites is 1. The number of benzene rings is 1. The van der Waals surface area contributed by atoms with E-state index in [1.54, 1.807) is 4.68 Å². The Morgan fingerprint density at radius 3 is 2.84 bits per heavy atom. The molecule has 1 aromatic heterocycles. The topological polar surface area (TPSA) is 72.3 Å². The third kappa shape index (κ3) is 3.66. The normalized spacial score (nSPS) is 23.5. The van der Waals surface area contributed by atoms with Gasteiger partial charge in [0, 0.05) is 13.1 Å². The number of morpholine rings is 1. The highest BCUT2D eigenvalue weighted by Crippen LogP contribution is 2.36. The molecular weight excluding hydrogens is 318 g/mol. The molecule has 7 nitrogen and oxygen atoms in total. The van der Waals surface area contributed by atoms with Crippen LogP contribution in [0.3, 0.4) is 0 Å². The number of nitrogens with zero attached hydrogens (tertiary/aromatic N) is 4. The second kappa shape index (κ2) is 6.84. The first-order valence-corrected chi connectivity index (χ1v) is 8.83. The molecule has 0 bridgehead atoms. The number of nitrogens with one attached hydrogen (secondary N) is 1. The number of rotatable bonds is 4. The maximum absolute atomic E-state index is 12.6. The molecule has 2 atom stereocenters. The summed E-state index contributed by atoms with van der Waals surface area (Å²) < 4.78 is 7.72. The molecule has 2 aliphatic rings. The van der Waals surface area contributed by atoms with Crippen LogP contribution in [0.15, 0.2) is 36.7 Å². The number of carbonyl (C=O) groups is 1. The number of hydrogen-bond donors (Lipinski definition) is 1. The Hall–Kier alpha value is -2.41. The summed E-state index contributed by atoms with van der Waals surface area (Å²) in [5, 5.41) is 7.23. The minimum absolute atomic E-state index is 0.0663. The van der Waals surface area contributed by atoms with Crippen molar-refractivity contribution in [2.24, 2.45) is 5.92 Å². The van der Waals surface area contributed by atoms with Crippen molar-refractivity contribution in [3.05, 3.63) is 42.5 Å². The molecular formula is C18H23N5O2. The average molecular weight is 341 g/mol. The van der Waals surface area contributed by atoms with Gasteiger partial charge in [0.25, 0.3) is 0 Å². The van der Waals surface area contributed by atoms with E-state index in [-0.39, 0.29) is 18.2 Å². The van der Waals surface area contributed by atoms with Crippen LogP contribution in [0.25, 0.3) is 5.69 Å². The van der Waals surface area contributed by atoms with Gasteiger partial charge in [0.05, 0.1) is 24.4 Å². The molecule has 1 aliphatic heterocycles. The Morgan fingerprint density at radius 2 is 2.08 bits per heavy atom. The quantitative estimate of drug-likeness (QED) is 0.923. The molecule has 0 radical (unpaired) electrons. The number of carbonyl (C=O) groups excluding carboxylic acids is 1. The van der Waals surface area contributed by atoms with Crippen molar-refractivity contribution in [2.75, 3.05) is 13.1 Å². The van der Waals surface area contributed by atoms with Crippen LogP contribution in [0.5, 0.6) is 0 Å². The van der Waals surface area contributed by atoms with E-state index < -0.39 is 0 Å². The fourth-order valence-electron chi connectivity index (χ4n) is 3.32. The van der Waals surface area contributed by atoms with Crippen LogP contribution >= 0.6 is 0 Å². The lowest BCUT2D eigenvalue weighted by molar-refractivity contribution is -0.0731. The van der Waals surface area contributed by atoms with Gasteiger partial charge in [0.15, 0.2) is 5.82 Å². The van der Waals surface area contributed by atoms with E-state index in [2.05, 4.69) is 15.4 Å². The van der Waals surface area contributed by atoms with Crippen molar-refractivity contribution in [1.29, 1.82) is 0 Å². The molecule has 2 heterocycles. The predicted molar refractivity (Wildman–Crippen MR) is 92.2 cm³/mol. The van der Waals surface area contributed by atoms with E-state index in [1.165, 1.54) is 19.2 Å². The average Bonchev–Trinajstić information content (AvgIpc) is 3.38. The Balaban J connectivity index is 1.38. The van der Waals surface area contributed by atoms with Gasteiger partial charge in [-0.3, -0.25) is 0 Å². The SMILES string of the molecule is C[C@@H]1CN(C(=O)NCc2ncnn2-c2ccccc2)C[C@H](C2CC2)O1. The van der Waals surface area contributed by atoms with E-state index in [4.69, 9.17) is 4.74 Å². The molecule has 1 N–H and O–H groups in total. The first kappa shape index (κ1) is 16.1. The summed E-state index contributed by atoms with van der Waals surface area (Å²) in [4.78, 5) is 18.7. The number of hydrogen-bond acceptors (Lipinski definition) is 4. The molecule has 7 heteroatoms. The van der Waals surface area contributed by atoms with Gasteiger partial charge in [-0.25, -0.2) is 14.5 Å². The van der Waals surface area contributed by atoms with Crippen LogP contribution in [0.1, 0.15) is 25.6 Å². The van der Waals surface area contributed by atoms with Crippen molar-refractivity contribution in [3.63, 3.8) is 0 Å².